The molecule has 4 aliphatic heterocycles. The molecule has 0 aliphatic carbocycles. The highest BCUT2D eigenvalue weighted by Crippen LogP contribution is 2.59. The van der Waals surface area contributed by atoms with Gasteiger partial charge in [0.1, 0.15) is 5.67 Å². The number of likely N-dealkylation sites (tertiary alicyclic amines) is 1. The predicted octanol–water partition coefficient (Wildman–Crippen LogP) is 3.70. The fraction of sp³-hybridized carbons (Fsp3) is 0.633. The molecule has 8 nitrogen and oxygen atoms in total. The van der Waals surface area contributed by atoms with Crippen molar-refractivity contribution >= 4 is 29.1 Å². The molecule has 3 amide bonds. The molecule has 3 fully saturated rings. The maximum atomic E-state index is 15.9. The van der Waals surface area contributed by atoms with E-state index in [1.165, 1.54) is 13.8 Å². The molecule has 4 aliphatic rings. The number of alkyl halides is 1. The van der Waals surface area contributed by atoms with E-state index in [2.05, 4.69) is 6.58 Å². The summed E-state index contributed by atoms with van der Waals surface area (Å²) in [5.74, 6) is -1.78. The first-order valence-electron chi connectivity index (χ1n) is 14.2. The molecule has 5 atom stereocenters. The Hall–Kier alpha value is -2.78. The minimum Gasteiger partial charge on any atom is -0.394 e. The number of amides is 3. The number of carbonyl (C=O) groups is 3. The average molecular weight is 542 g/mol. The van der Waals surface area contributed by atoms with Gasteiger partial charge in [-0.2, -0.15) is 0 Å². The molecule has 1 aromatic rings. The number of benzene rings is 1. The van der Waals surface area contributed by atoms with Gasteiger partial charge in [0.2, 0.25) is 11.8 Å². The van der Waals surface area contributed by atoms with Gasteiger partial charge in [0.15, 0.2) is 5.60 Å². The van der Waals surface area contributed by atoms with Crippen LogP contribution in [0.1, 0.15) is 64.9 Å². The first kappa shape index (κ1) is 27.8. The maximum Gasteiger partial charge on any atom is 0.264 e. The monoisotopic (exact) mass is 541 g/mol. The van der Waals surface area contributed by atoms with Gasteiger partial charge in [0, 0.05) is 49.1 Å². The van der Waals surface area contributed by atoms with Gasteiger partial charge in [0.25, 0.3) is 5.91 Å². The van der Waals surface area contributed by atoms with Crippen molar-refractivity contribution in [3.05, 3.63) is 36.4 Å². The van der Waals surface area contributed by atoms with Crippen molar-refractivity contribution in [2.75, 3.05) is 36.0 Å². The van der Waals surface area contributed by atoms with Gasteiger partial charge in [-0.15, -0.1) is 6.58 Å². The Labute approximate surface area is 229 Å². The van der Waals surface area contributed by atoms with Crippen molar-refractivity contribution in [1.82, 2.24) is 4.90 Å². The maximum absolute atomic E-state index is 15.9. The van der Waals surface area contributed by atoms with Gasteiger partial charge >= 0.3 is 0 Å². The Balaban J connectivity index is 1.57. The summed E-state index contributed by atoms with van der Waals surface area (Å²) in [7, 11) is 0. The minimum absolute atomic E-state index is 0.0400. The van der Waals surface area contributed by atoms with E-state index in [0.717, 1.165) is 25.7 Å². The molecule has 39 heavy (non-hydrogen) atoms. The zero-order valence-corrected chi connectivity index (χ0v) is 23.2. The summed E-state index contributed by atoms with van der Waals surface area (Å²) < 4.78 is 22.6. The summed E-state index contributed by atoms with van der Waals surface area (Å²) in [4.78, 5) is 45.4. The first-order valence-corrected chi connectivity index (χ1v) is 14.2. The molecule has 0 aromatic heterocycles. The molecule has 5 rings (SSSR count). The highest BCUT2D eigenvalue weighted by atomic mass is 19.1. The van der Waals surface area contributed by atoms with Crippen molar-refractivity contribution in [3.8, 4) is 0 Å². The number of fused-ring (bicyclic) bond motifs is 2. The number of aliphatic hydroxyl groups is 1. The third kappa shape index (κ3) is 4.47. The zero-order valence-electron chi connectivity index (χ0n) is 23.2. The van der Waals surface area contributed by atoms with E-state index < -0.39 is 29.2 Å². The number of aliphatic hydroxyl groups excluding tert-OH is 1. The van der Waals surface area contributed by atoms with Gasteiger partial charge in [-0.05, 0) is 57.7 Å². The number of hydrogen-bond donors (Lipinski definition) is 1. The van der Waals surface area contributed by atoms with Crippen LogP contribution in [0.4, 0.5) is 15.8 Å². The van der Waals surface area contributed by atoms with Crippen LogP contribution in [0.3, 0.4) is 0 Å². The van der Waals surface area contributed by atoms with Crippen LogP contribution in [-0.2, 0) is 24.7 Å². The Morgan fingerprint density at radius 2 is 2.03 bits per heavy atom. The van der Waals surface area contributed by atoms with Gasteiger partial charge < -0.3 is 24.5 Å². The molecule has 0 saturated carbocycles. The third-order valence-corrected chi connectivity index (χ3v) is 9.18. The predicted molar refractivity (Wildman–Crippen MR) is 146 cm³/mol. The van der Waals surface area contributed by atoms with Crippen molar-refractivity contribution in [1.29, 1.82) is 0 Å². The summed E-state index contributed by atoms with van der Waals surface area (Å²) in [5, 5.41) is 9.74. The number of anilines is 2. The molecular weight excluding hydrogens is 501 g/mol. The van der Waals surface area contributed by atoms with Crippen LogP contribution in [0, 0.1) is 11.8 Å². The first-order chi connectivity index (χ1) is 18.5. The number of nitrogens with zero attached hydrogens (tertiary/aromatic N) is 3. The second-order valence-electron chi connectivity index (χ2n) is 11.9. The molecule has 9 heteroatoms. The summed E-state index contributed by atoms with van der Waals surface area (Å²) >= 11 is 0. The SMILES string of the molecule is C=CCN1C(=O)[C@]2(O[C@H](CC(=O)N3CCC[C@H]3CO)[C@@H](C(C)(C)F)[C@@H]2C)c2cc(N3CCCCC3=O)ccc21. The van der Waals surface area contributed by atoms with Crippen molar-refractivity contribution in [3.63, 3.8) is 0 Å². The molecular formula is C30H40FN3O5. The number of carbonyl (C=O) groups excluding carboxylic acids is 3. The number of rotatable bonds is 7. The van der Waals surface area contributed by atoms with Crippen LogP contribution < -0.4 is 9.80 Å². The third-order valence-electron chi connectivity index (χ3n) is 9.18. The number of hydrogen-bond acceptors (Lipinski definition) is 5. The van der Waals surface area contributed by atoms with Crippen LogP contribution in [-0.4, -0.2) is 71.8 Å². The molecule has 0 unspecified atom stereocenters. The van der Waals surface area contributed by atoms with Gasteiger partial charge in [-0.3, -0.25) is 14.4 Å². The van der Waals surface area contributed by atoms with E-state index >= 15 is 4.39 Å². The number of halogens is 1. The van der Waals surface area contributed by atoms with Crippen molar-refractivity contribution < 1.29 is 28.6 Å². The quantitative estimate of drug-likeness (QED) is 0.532. The average Bonchev–Trinajstić information content (AvgIpc) is 3.55. The van der Waals surface area contributed by atoms with E-state index in [4.69, 9.17) is 4.74 Å². The molecule has 4 heterocycles. The van der Waals surface area contributed by atoms with Gasteiger partial charge in [-0.1, -0.05) is 13.0 Å². The lowest BCUT2D eigenvalue weighted by Gasteiger charge is -2.33. The van der Waals surface area contributed by atoms with Crippen molar-refractivity contribution in [2.45, 2.75) is 82.7 Å². The lowest BCUT2D eigenvalue weighted by molar-refractivity contribution is -0.150. The molecule has 1 N–H and O–H groups in total. The Morgan fingerprint density at radius 1 is 1.26 bits per heavy atom. The van der Waals surface area contributed by atoms with E-state index in [9.17, 15) is 19.5 Å². The standard InChI is InChI=1S/C30H40FN3O5/c1-5-13-34-23-12-11-20(32-14-7-6-10-25(32)36)16-22(23)30(28(34)38)19(2)27(29(3,4)31)24(39-30)17-26(37)33-15-8-9-21(33)18-35/h5,11-12,16,19,21,24,27,35H,1,6-10,13-15,17-18H2,2-4H3/t19-,21-,24+,27-,30+/m0/s1. The summed E-state index contributed by atoms with van der Waals surface area (Å²) in [6.45, 7) is 9.89. The van der Waals surface area contributed by atoms with E-state index in [1.807, 2.05) is 25.1 Å². The normalized spacial score (nSPS) is 30.9. The van der Waals surface area contributed by atoms with Crippen LogP contribution in [0.2, 0.25) is 0 Å². The summed E-state index contributed by atoms with van der Waals surface area (Å²) in [5.41, 5.74) is -1.27. The smallest absolute Gasteiger partial charge is 0.264 e. The Bertz CT molecular complexity index is 1170. The highest BCUT2D eigenvalue weighted by molar-refractivity contribution is 6.08. The van der Waals surface area contributed by atoms with Crippen LogP contribution in [0.25, 0.3) is 0 Å². The molecule has 0 radical (unpaired) electrons. The number of ether oxygens (including phenoxy) is 1. The molecule has 212 valence electrons. The molecule has 1 aromatic carbocycles. The molecule has 3 saturated heterocycles. The summed E-state index contributed by atoms with van der Waals surface area (Å²) in [6.07, 6.45) is 4.49. The largest absolute Gasteiger partial charge is 0.394 e. The van der Waals surface area contributed by atoms with E-state index in [1.54, 1.807) is 20.8 Å². The fourth-order valence-electron chi connectivity index (χ4n) is 7.44. The van der Waals surface area contributed by atoms with Crippen LogP contribution in [0.15, 0.2) is 30.9 Å². The Morgan fingerprint density at radius 3 is 2.69 bits per heavy atom. The lowest BCUT2D eigenvalue weighted by Crippen LogP contribution is -2.46. The minimum atomic E-state index is -1.73. The summed E-state index contributed by atoms with van der Waals surface area (Å²) in [6, 6.07) is 5.29. The van der Waals surface area contributed by atoms with Gasteiger partial charge in [0.05, 0.1) is 30.9 Å². The second-order valence-corrected chi connectivity index (χ2v) is 11.9. The molecule has 1 spiro atoms. The zero-order chi connectivity index (χ0) is 28.1. The van der Waals surface area contributed by atoms with Crippen LogP contribution in [0.5, 0.6) is 0 Å². The van der Waals surface area contributed by atoms with E-state index in [0.29, 0.717) is 36.4 Å². The van der Waals surface area contributed by atoms with Crippen molar-refractivity contribution in [2.24, 2.45) is 11.8 Å². The van der Waals surface area contributed by atoms with Gasteiger partial charge in [-0.25, -0.2) is 4.39 Å². The lowest BCUT2D eigenvalue weighted by atomic mass is 9.71. The highest BCUT2D eigenvalue weighted by Gasteiger charge is 2.66. The number of piperidine rings is 1. The fourth-order valence-corrected chi connectivity index (χ4v) is 7.44. The van der Waals surface area contributed by atoms with Crippen LogP contribution >= 0.6 is 0 Å². The topological polar surface area (TPSA) is 90.4 Å². The van der Waals surface area contributed by atoms with E-state index in [-0.39, 0.29) is 43.3 Å². The second kappa shape index (κ2) is 10.3. The molecule has 0 bridgehead atoms. The Kier molecular flexibility index (Phi) is 7.35.